The number of thiophene rings is 1. The summed E-state index contributed by atoms with van der Waals surface area (Å²) in [5, 5.41) is 5.08. The summed E-state index contributed by atoms with van der Waals surface area (Å²) in [5.74, 6) is -0.0495. The molecule has 1 fully saturated rings. The second kappa shape index (κ2) is 6.53. The van der Waals surface area contributed by atoms with Gasteiger partial charge < -0.3 is 19.5 Å². The van der Waals surface area contributed by atoms with Crippen molar-refractivity contribution in [2.45, 2.75) is 13.1 Å². The fraction of sp³-hybridized carbons (Fsp3) is 0.412. The number of nitrogens with zero attached hydrogens (tertiary/aromatic N) is 3. The van der Waals surface area contributed by atoms with Crippen LogP contribution in [0.1, 0.15) is 28.5 Å². The molecule has 0 radical (unpaired) electrons. The minimum Gasteiger partial charge on any atom is -0.450 e. The maximum absolute atomic E-state index is 12.6. The molecule has 0 aromatic carbocycles. The summed E-state index contributed by atoms with van der Waals surface area (Å²) in [6, 6.07) is 6.01. The van der Waals surface area contributed by atoms with Gasteiger partial charge >= 0.3 is 6.09 Å². The molecule has 2 aliphatic heterocycles. The second-order valence-corrected chi connectivity index (χ2v) is 6.95. The molecule has 4 heterocycles. The van der Waals surface area contributed by atoms with Gasteiger partial charge in [-0.25, -0.2) is 4.79 Å². The summed E-state index contributed by atoms with van der Waals surface area (Å²) in [6.45, 7) is 4.74. The Morgan fingerprint density at radius 2 is 2.12 bits per heavy atom. The summed E-state index contributed by atoms with van der Waals surface area (Å²) in [6.07, 6.45) is 1.52. The number of aromatic nitrogens is 1. The van der Waals surface area contributed by atoms with Crippen LogP contribution < -0.4 is 5.32 Å². The number of nitrogens with one attached hydrogen (secondary N) is 1. The quantitative estimate of drug-likeness (QED) is 0.890. The van der Waals surface area contributed by atoms with E-state index < -0.39 is 0 Å². The van der Waals surface area contributed by atoms with E-state index in [-0.39, 0.29) is 18.2 Å². The molecule has 1 N–H and O–H groups in total. The smallest absolute Gasteiger partial charge is 0.409 e. The van der Waals surface area contributed by atoms with Crippen molar-refractivity contribution < 1.29 is 14.3 Å². The Bertz CT molecular complexity index is 791. The highest BCUT2D eigenvalue weighted by atomic mass is 32.1. The van der Waals surface area contributed by atoms with Crippen LogP contribution in [-0.2, 0) is 4.74 Å². The summed E-state index contributed by atoms with van der Waals surface area (Å²) >= 11 is 1.45. The number of hydrogen-bond donors (Lipinski definition) is 1. The number of carbonyl (C=O) groups is 2. The van der Waals surface area contributed by atoms with Crippen LogP contribution in [0.3, 0.4) is 0 Å². The Hall–Kier alpha value is -2.32. The minimum absolute atomic E-state index is 0.0495. The Morgan fingerprint density at radius 3 is 2.88 bits per heavy atom. The third-order valence-electron chi connectivity index (χ3n) is 4.64. The van der Waals surface area contributed by atoms with E-state index in [0.29, 0.717) is 32.8 Å². The Kier molecular flexibility index (Phi) is 4.22. The standard InChI is InChI=1S/C17H20N4O3S/c1-2-24-17(23)20-9-7-19(8-10-20)15-13-4-3-6-21(13)12-5-11-25-14(12)16(22)18-15/h3-6,11,15H,2,7-10H2,1H3,(H,18,22). The molecule has 1 atom stereocenters. The van der Waals surface area contributed by atoms with E-state index >= 15 is 0 Å². The lowest BCUT2D eigenvalue weighted by Gasteiger charge is -2.38. The normalized spacial score (nSPS) is 20.4. The summed E-state index contributed by atoms with van der Waals surface area (Å²) < 4.78 is 7.15. The zero-order valence-corrected chi connectivity index (χ0v) is 14.8. The zero-order valence-electron chi connectivity index (χ0n) is 14.0. The van der Waals surface area contributed by atoms with Crippen LogP contribution in [0.25, 0.3) is 5.69 Å². The van der Waals surface area contributed by atoms with Gasteiger partial charge in [0.2, 0.25) is 0 Å². The molecule has 0 bridgehead atoms. The lowest BCUT2D eigenvalue weighted by Crippen LogP contribution is -2.53. The molecule has 0 spiro atoms. The number of fused-ring (bicyclic) bond motifs is 3. The topological polar surface area (TPSA) is 66.8 Å². The predicted octanol–water partition coefficient (Wildman–Crippen LogP) is 2.05. The van der Waals surface area contributed by atoms with Gasteiger partial charge in [0.15, 0.2) is 0 Å². The maximum atomic E-state index is 12.6. The summed E-state index contributed by atoms with van der Waals surface area (Å²) in [5.41, 5.74) is 1.96. The highest BCUT2D eigenvalue weighted by Crippen LogP contribution is 2.31. The number of carbonyl (C=O) groups excluding carboxylic acids is 2. The van der Waals surface area contributed by atoms with E-state index in [4.69, 9.17) is 4.74 Å². The van der Waals surface area contributed by atoms with Gasteiger partial charge in [-0.15, -0.1) is 11.3 Å². The third-order valence-corrected chi connectivity index (χ3v) is 5.55. The fourth-order valence-electron chi connectivity index (χ4n) is 3.42. The van der Waals surface area contributed by atoms with Crippen molar-refractivity contribution in [3.63, 3.8) is 0 Å². The lowest BCUT2D eigenvalue weighted by molar-refractivity contribution is 0.0535. The van der Waals surface area contributed by atoms with Crippen molar-refractivity contribution in [1.29, 1.82) is 0 Å². The van der Waals surface area contributed by atoms with Gasteiger partial charge in [0.1, 0.15) is 11.0 Å². The maximum Gasteiger partial charge on any atom is 0.409 e. The molecule has 8 heteroatoms. The second-order valence-electron chi connectivity index (χ2n) is 6.04. The summed E-state index contributed by atoms with van der Waals surface area (Å²) in [4.78, 5) is 29.1. The molecule has 2 aliphatic rings. The Morgan fingerprint density at radius 1 is 1.32 bits per heavy atom. The molecule has 4 rings (SSSR count). The first-order valence-corrected chi connectivity index (χ1v) is 9.28. The molecule has 2 amide bonds. The highest BCUT2D eigenvalue weighted by Gasteiger charge is 2.33. The van der Waals surface area contributed by atoms with Crippen LogP contribution in [0, 0.1) is 0 Å². The first-order valence-electron chi connectivity index (χ1n) is 8.40. The van der Waals surface area contributed by atoms with Crippen LogP contribution in [0.5, 0.6) is 0 Å². The average Bonchev–Trinajstić information content (AvgIpc) is 3.27. The van der Waals surface area contributed by atoms with Gasteiger partial charge in [-0.1, -0.05) is 0 Å². The van der Waals surface area contributed by atoms with Gasteiger partial charge in [0.05, 0.1) is 18.0 Å². The van der Waals surface area contributed by atoms with Crippen molar-refractivity contribution in [2.75, 3.05) is 32.8 Å². The largest absolute Gasteiger partial charge is 0.450 e. The third kappa shape index (κ3) is 2.81. The first kappa shape index (κ1) is 16.2. The van der Waals surface area contributed by atoms with Crippen LogP contribution >= 0.6 is 11.3 Å². The van der Waals surface area contributed by atoms with Crippen LogP contribution in [0.2, 0.25) is 0 Å². The SMILES string of the molecule is CCOC(=O)N1CCN(C2NC(=O)c3sccc3-n3cccc32)CC1. The van der Waals surface area contributed by atoms with Gasteiger partial charge in [0.25, 0.3) is 5.91 Å². The van der Waals surface area contributed by atoms with Crippen molar-refractivity contribution in [3.8, 4) is 5.69 Å². The van der Waals surface area contributed by atoms with E-state index in [9.17, 15) is 9.59 Å². The average molecular weight is 360 g/mol. The number of ether oxygens (including phenoxy) is 1. The molecule has 1 unspecified atom stereocenters. The van der Waals surface area contributed by atoms with Crippen LogP contribution in [0.15, 0.2) is 29.8 Å². The van der Waals surface area contributed by atoms with E-state index in [2.05, 4.69) is 14.8 Å². The number of piperazine rings is 1. The van der Waals surface area contributed by atoms with E-state index in [1.54, 1.807) is 4.90 Å². The molecule has 2 aromatic rings. The van der Waals surface area contributed by atoms with Crippen LogP contribution in [0.4, 0.5) is 4.79 Å². The predicted molar refractivity (Wildman–Crippen MR) is 94.0 cm³/mol. The molecular weight excluding hydrogens is 340 g/mol. The molecule has 25 heavy (non-hydrogen) atoms. The Balaban J connectivity index is 1.55. The molecule has 0 saturated carbocycles. The van der Waals surface area contributed by atoms with Crippen molar-refractivity contribution >= 4 is 23.3 Å². The lowest BCUT2D eigenvalue weighted by atomic mass is 10.2. The first-order chi connectivity index (χ1) is 12.2. The monoisotopic (exact) mass is 360 g/mol. The van der Waals surface area contributed by atoms with E-state index in [1.807, 2.05) is 36.7 Å². The molecule has 132 valence electrons. The molecule has 1 saturated heterocycles. The van der Waals surface area contributed by atoms with Gasteiger partial charge in [0, 0.05) is 32.4 Å². The molecule has 0 aliphatic carbocycles. The van der Waals surface area contributed by atoms with Gasteiger partial charge in [-0.05, 0) is 30.5 Å². The van der Waals surface area contributed by atoms with Crippen molar-refractivity contribution in [2.24, 2.45) is 0 Å². The zero-order chi connectivity index (χ0) is 17.4. The van der Waals surface area contributed by atoms with Crippen molar-refractivity contribution in [3.05, 3.63) is 40.3 Å². The molecule has 7 nitrogen and oxygen atoms in total. The highest BCUT2D eigenvalue weighted by molar-refractivity contribution is 7.12. The van der Waals surface area contributed by atoms with Gasteiger partial charge in [-0.3, -0.25) is 9.69 Å². The summed E-state index contributed by atoms with van der Waals surface area (Å²) in [7, 11) is 0. The van der Waals surface area contributed by atoms with E-state index in [0.717, 1.165) is 16.3 Å². The Labute approximate surface area is 149 Å². The van der Waals surface area contributed by atoms with Crippen LogP contribution in [-0.4, -0.2) is 59.2 Å². The number of hydrogen-bond acceptors (Lipinski definition) is 5. The number of rotatable bonds is 2. The molecular formula is C17H20N4O3S. The van der Waals surface area contributed by atoms with E-state index in [1.165, 1.54) is 11.3 Å². The minimum atomic E-state index is -0.266. The van der Waals surface area contributed by atoms with Gasteiger partial charge in [-0.2, -0.15) is 0 Å². The fourth-order valence-corrected chi connectivity index (χ4v) is 4.20. The number of amides is 2. The molecule has 2 aromatic heterocycles. The van der Waals surface area contributed by atoms with Crippen molar-refractivity contribution in [1.82, 2.24) is 19.7 Å².